The van der Waals surface area contributed by atoms with Crippen molar-refractivity contribution in [2.24, 2.45) is 5.73 Å². The fourth-order valence-corrected chi connectivity index (χ4v) is 0.628. The summed E-state index contributed by atoms with van der Waals surface area (Å²) in [5.74, 6) is -0.103. The van der Waals surface area contributed by atoms with E-state index >= 15 is 0 Å². The SMILES string of the molecule is C=C(CC)CCNC(=O)CN. The standard InChI is InChI=1S/C8H16N2O/c1-3-7(2)4-5-10-8(11)6-9/h2-6,9H2,1H3,(H,10,11). The summed E-state index contributed by atoms with van der Waals surface area (Å²) in [6, 6.07) is 0. The van der Waals surface area contributed by atoms with Crippen LogP contribution in [0.3, 0.4) is 0 Å². The molecule has 0 heterocycles. The van der Waals surface area contributed by atoms with Crippen LogP contribution < -0.4 is 11.1 Å². The average Bonchev–Trinajstić information content (AvgIpc) is 2.04. The van der Waals surface area contributed by atoms with E-state index in [-0.39, 0.29) is 12.5 Å². The first kappa shape index (κ1) is 10.2. The van der Waals surface area contributed by atoms with Crippen molar-refractivity contribution in [1.82, 2.24) is 5.32 Å². The van der Waals surface area contributed by atoms with Crippen molar-refractivity contribution in [3.63, 3.8) is 0 Å². The Bertz CT molecular complexity index is 127. The van der Waals surface area contributed by atoms with Crippen LogP contribution in [0.5, 0.6) is 0 Å². The van der Waals surface area contributed by atoms with Crippen LogP contribution in [-0.4, -0.2) is 19.0 Å². The number of rotatable bonds is 5. The lowest BCUT2D eigenvalue weighted by Crippen LogP contribution is -2.31. The minimum absolute atomic E-state index is 0.0681. The summed E-state index contributed by atoms with van der Waals surface area (Å²) < 4.78 is 0. The van der Waals surface area contributed by atoms with E-state index in [1.807, 2.05) is 6.92 Å². The van der Waals surface area contributed by atoms with E-state index in [9.17, 15) is 4.79 Å². The van der Waals surface area contributed by atoms with Crippen LogP contribution in [0, 0.1) is 0 Å². The molecule has 0 unspecified atom stereocenters. The predicted molar refractivity (Wildman–Crippen MR) is 46.1 cm³/mol. The number of carbonyl (C=O) groups is 1. The molecule has 11 heavy (non-hydrogen) atoms. The first-order valence-corrected chi connectivity index (χ1v) is 3.84. The molecule has 0 aliphatic heterocycles. The molecule has 3 heteroatoms. The Morgan fingerprint density at radius 1 is 1.64 bits per heavy atom. The lowest BCUT2D eigenvalue weighted by atomic mass is 10.2. The van der Waals surface area contributed by atoms with Gasteiger partial charge in [0.15, 0.2) is 0 Å². The molecule has 3 nitrogen and oxygen atoms in total. The van der Waals surface area contributed by atoms with Gasteiger partial charge in [0.2, 0.25) is 5.91 Å². The Morgan fingerprint density at radius 2 is 2.27 bits per heavy atom. The highest BCUT2D eigenvalue weighted by Gasteiger charge is 1.95. The smallest absolute Gasteiger partial charge is 0.233 e. The summed E-state index contributed by atoms with van der Waals surface area (Å²) in [4.78, 5) is 10.6. The highest BCUT2D eigenvalue weighted by Crippen LogP contribution is 1.99. The lowest BCUT2D eigenvalue weighted by molar-refractivity contribution is -0.119. The second kappa shape index (κ2) is 5.92. The van der Waals surface area contributed by atoms with Crippen LogP contribution in [0.2, 0.25) is 0 Å². The Balaban J connectivity index is 3.27. The van der Waals surface area contributed by atoms with Crippen molar-refractivity contribution in [3.05, 3.63) is 12.2 Å². The second-order valence-electron chi connectivity index (χ2n) is 2.41. The number of hydrogen-bond acceptors (Lipinski definition) is 2. The molecule has 0 saturated heterocycles. The Morgan fingerprint density at radius 3 is 2.73 bits per heavy atom. The summed E-state index contributed by atoms with van der Waals surface area (Å²) in [7, 11) is 0. The molecule has 64 valence electrons. The van der Waals surface area contributed by atoms with Gasteiger partial charge >= 0.3 is 0 Å². The number of nitrogens with one attached hydrogen (secondary N) is 1. The number of amides is 1. The molecule has 0 spiro atoms. The third kappa shape index (κ3) is 5.61. The molecular formula is C8H16N2O. The Kier molecular flexibility index (Phi) is 5.47. The molecule has 0 fully saturated rings. The van der Waals surface area contributed by atoms with E-state index in [2.05, 4.69) is 11.9 Å². The van der Waals surface area contributed by atoms with Crippen molar-refractivity contribution >= 4 is 5.91 Å². The van der Waals surface area contributed by atoms with Crippen LogP contribution in [0.15, 0.2) is 12.2 Å². The lowest BCUT2D eigenvalue weighted by Gasteiger charge is -2.03. The van der Waals surface area contributed by atoms with Gasteiger partial charge in [-0.25, -0.2) is 0 Å². The van der Waals surface area contributed by atoms with E-state index < -0.39 is 0 Å². The third-order valence-electron chi connectivity index (χ3n) is 1.49. The van der Waals surface area contributed by atoms with Gasteiger partial charge in [-0.2, -0.15) is 0 Å². The van der Waals surface area contributed by atoms with E-state index in [1.165, 1.54) is 0 Å². The van der Waals surface area contributed by atoms with Crippen molar-refractivity contribution in [2.45, 2.75) is 19.8 Å². The highest BCUT2D eigenvalue weighted by molar-refractivity contribution is 5.77. The fraction of sp³-hybridized carbons (Fsp3) is 0.625. The molecule has 0 rings (SSSR count). The van der Waals surface area contributed by atoms with Crippen molar-refractivity contribution in [3.8, 4) is 0 Å². The second-order valence-corrected chi connectivity index (χ2v) is 2.41. The zero-order chi connectivity index (χ0) is 8.69. The minimum Gasteiger partial charge on any atom is -0.355 e. The van der Waals surface area contributed by atoms with Gasteiger partial charge in [-0.3, -0.25) is 4.79 Å². The summed E-state index contributed by atoms with van der Waals surface area (Å²) >= 11 is 0. The van der Waals surface area contributed by atoms with Crippen LogP contribution in [-0.2, 0) is 4.79 Å². The van der Waals surface area contributed by atoms with E-state index in [4.69, 9.17) is 5.73 Å². The largest absolute Gasteiger partial charge is 0.355 e. The monoisotopic (exact) mass is 156 g/mol. The molecule has 0 aliphatic rings. The van der Waals surface area contributed by atoms with E-state index in [0.29, 0.717) is 6.54 Å². The Hall–Kier alpha value is -0.830. The van der Waals surface area contributed by atoms with Gasteiger partial charge in [-0.15, -0.1) is 0 Å². The fourth-order valence-electron chi connectivity index (χ4n) is 0.628. The minimum atomic E-state index is -0.103. The maximum Gasteiger partial charge on any atom is 0.233 e. The van der Waals surface area contributed by atoms with E-state index in [1.54, 1.807) is 0 Å². The first-order valence-electron chi connectivity index (χ1n) is 3.84. The van der Waals surface area contributed by atoms with Gasteiger partial charge in [0.1, 0.15) is 0 Å². The normalized spacial score (nSPS) is 9.27. The number of nitrogens with two attached hydrogens (primary N) is 1. The maximum atomic E-state index is 10.6. The quantitative estimate of drug-likeness (QED) is 0.567. The Labute approximate surface area is 67.7 Å². The molecule has 0 radical (unpaired) electrons. The molecule has 0 aromatic rings. The summed E-state index contributed by atoms with van der Waals surface area (Å²) in [5.41, 5.74) is 6.24. The van der Waals surface area contributed by atoms with Crippen LogP contribution in [0.4, 0.5) is 0 Å². The van der Waals surface area contributed by atoms with Crippen LogP contribution in [0.1, 0.15) is 19.8 Å². The van der Waals surface area contributed by atoms with Crippen LogP contribution in [0.25, 0.3) is 0 Å². The highest BCUT2D eigenvalue weighted by atomic mass is 16.1. The summed E-state index contributed by atoms with van der Waals surface area (Å²) in [6.07, 6.45) is 1.82. The van der Waals surface area contributed by atoms with Gasteiger partial charge in [0.05, 0.1) is 6.54 Å². The van der Waals surface area contributed by atoms with Crippen molar-refractivity contribution < 1.29 is 4.79 Å². The molecule has 0 aromatic carbocycles. The third-order valence-corrected chi connectivity index (χ3v) is 1.49. The van der Waals surface area contributed by atoms with Gasteiger partial charge in [0.25, 0.3) is 0 Å². The predicted octanol–water partition coefficient (Wildman–Crippen LogP) is 0.418. The molecule has 0 atom stereocenters. The molecule has 3 N–H and O–H groups in total. The van der Waals surface area contributed by atoms with Gasteiger partial charge in [-0.05, 0) is 12.8 Å². The first-order chi connectivity index (χ1) is 5.20. The zero-order valence-corrected chi connectivity index (χ0v) is 7.02. The zero-order valence-electron chi connectivity index (χ0n) is 7.02. The topological polar surface area (TPSA) is 55.1 Å². The van der Waals surface area contributed by atoms with E-state index in [0.717, 1.165) is 18.4 Å². The number of carbonyl (C=O) groups excluding carboxylic acids is 1. The summed E-state index contributed by atoms with van der Waals surface area (Å²) in [6.45, 7) is 6.59. The average molecular weight is 156 g/mol. The van der Waals surface area contributed by atoms with Gasteiger partial charge < -0.3 is 11.1 Å². The van der Waals surface area contributed by atoms with Crippen LogP contribution >= 0.6 is 0 Å². The molecule has 0 saturated carbocycles. The number of hydrogen-bond donors (Lipinski definition) is 2. The molecule has 0 bridgehead atoms. The summed E-state index contributed by atoms with van der Waals surface area (Å²) in [5, 5.41) is 2.67. The molecule has 1 amide bonds. The van der Waals surface area contributed by atoms with Crippen molar-refractivity contribution in [2.75, 3.05) is 13.1 Å². The molecule has 0 aliphatic carbocycles. The van der Waals surface area contributed by atoms with Gasteiger partial charge in [-0.1, -0.05) is 19.1 Å². The maximum absolute atomic E-state index is 10.6. The van der Waals surface area contributed by atoms with Gasteiger partial charge in [0, 0.05) is 6.54 Å². The molecular weight excluding hydrogens is 140 g/mol. The van der Waals surface area contributed by atoms with Crippen molar-refractivity contribution in [1.29, 1.82) is 0 Å². The molecule has 0 aromatic heterocycles.